The van der Waals surface area contributed by atoms with E-state index in [4.69, 9.17) is 12.2 Å². The van der Waals surface area contributed by atoms with Crippen LogP contribution in [0, 0.1) is 5.82 Å². The molecule has 2 aromatic carbocycles. The molecule has 0 amide bonds. The third-order valence-corrected chi connectivity index (χ3v) is 4.03. The minimum atomic E-state index is -0.269. The highest BCUT2D eigenvalue weighted by molar-refractivity contribution is 7.80. The zero-order valence-corrected chi connectivity index (χ0v) is 15.4. The van der Waals surface area contributed by atoms with E-state index in [0.29, 0.717) is 23.5 Å². The maximum atomic E-state index is 13.2. The lowest BCUT2D eigenvalue weighted by atomic mass is 10.0. The van der Waals surface area contributed by atoms with Gasteiger partial charge in [0, 0.05) is 5.69 Å². The number of thiocarbonyl (C=S) groups is 1. The molecule has 2 N–H and O–H groups in total. The van der Waals surface area contributed by atoms with Crippen LogP contribution in [0.4, 0.5) is 16.0 Å². The molecular weight excluding hydrogens is 349 g/mol. The van der Waals surface area contributed by atoms with Gasteiger partial charge in [-0.1, -0.05) is 38.1 Å². The molecule has 3 rings (SSSR count). The molecule has 0 saturated carbocycles. The van der Waals surface area contributed by atoms with E-state index in [1.807, 2.05) is 18.2 Å². The number of halogens is 1. The van der Waals surface area contributed by atoms with Gasteiger partial charge in [-0.3, -0.25) is 5.32 Å². The average molecular weight is 369 g/mol. The summed E-state index contributed by atoms with van der Waals surface area (Å²) in [4.78, 5) is 4.17. The number of benzene rings is 2. The highest BCUT2D eigenvalue weighted by Crippen LogP contribution is 2.17. The topological polar surface area (TPSA) is 54.8 Å². The fraction of sp³-hybridized carbons (Fsp3) is 0.211. The van der Waals surface area contributed by atoms with Crippen molar-refractivity contribution in [2.24, 2.45) is 0 Å². The van der Waals surface area contributed by atoms with Crippen LogP contribution in [0.1, 0.15) is 30.9 Å². The fourth-order valence-electron chi connectivity index (χ4n) is 2.47. The Labute approximate surface area is 157 Å². The van der Waals surface area contributed by atoms with Crippen LogP contribution in [0.5, 0.6) is 0 Å². The van der Waals surface area contributed by atoms with E-state index in [2.05, 4.69) is 46.7 Å². The molecule has 1 heterocycles. The quantitative estimate of drug-likeness (QED) is 0.653. The van der Waals surface area contributed by atoms with Crippen molar-refractivity contribution in [2.75, 3.05) is 10.6 Å². The van der Waals surface area contributed by atoms with Crippen molar-refractivity contribution < 1.29 is 4.39 Å². The van der Waals surface area contributed by atoms with Crippen LogP contribution in [-0.4, -0.2) is 19.9 Å². The normalized spacial score (nSPS) is 10.8. The number of hydrogen-bond acceptors (Lipinski definition) is 3. The Morgan fingerprint density at radius 2 is 1.92 bits per heavy atom. The van der Waals surface area contributed by atoms with Gasteiger partial charge in [-0.05, 0) is 53.5 Å². The first-order chi connectivity index (χ1) is 12.5. The van der Waals surface area contributed by atoms with Gasteiger partial charge in [0.1, 0.15) is 12.1 Å². The van der Waals surface area contributed by atoms with Crippen molar-refractivity contribution in [3.63, 3.8) is 0 Å². The van der Waals surface area contributed by atoms with Crippen molar-refractivity contribution in [3.8, 4) is 0 Å². The molecule has 0 spiro atoms. The first kappa shape index (κ1) is 18.0. The van der Waals surface area contributed by atoms with Crippen LogP contribution in [-0.2, 0) is 6.54 Å². The second-order valence-electron chi connectivity index (χ2n) is 6.25. The standard InChI is InChI=1S/C19H20FN5S/c1-13(2)15-6-8-17(9-7-15)22-19(26)23-18-21-12-25(24-18)11-14-4-3-5-16(20)10-14/h3-10,12-13H,11H2,1-2H3,(H2,22,23,24,26). The maximum Gasteiger partial charge on any atom is 0.248 e. The van der Waals surface area contributed by atoms with Gasteiger partial charge in [0.05, 0.1) is 6.54 Å². The second-order valence-corrected chi connectivity index (χ2v) is 6.66. The summed E-state index contributed by atoms with van der Waals surface area (Å²) in [6.45, 7) is 4.74. The van der Waals surface area contributed by atoms with Gasteiger partial charge >= 0.3 is 0 Å². The van der Waals surface area contributed by atoms with Crippen LogP contribution >= 0.6 is 12.2 Å². The molecule has 0 fully saturated rings. The van der Waals surface area contributed by atoms with Crippen LogP contribution in [0.3, 0.4) is 0 Å². The number of rotatable bonds is 5. The molecule has 0 aliphatic rings. The Bertz CT molecular complexity index is 889. The van der Waals surface area contributed by atoms with E-state index >= 15 is 0 Å². The summed E-state index contributed by atoms with van der Waals surface area (Å²) in [5.74, 6) is 0.605. The minimum Gasteiger partial charge on any atom is -0.332 e. The molecule has 134 valence electrons. The van der Waals surface area contributed by atoms with Gasteiger partial charge in [-0.25, -0.2) is 14.1 Å². The summed E-state index contributed by atoms with van der Waals surface area (Å²) in [6.07, 6.45) is 1.58. The van der Waals surface area contributed by atoms with Gasteiger partial charge < -0.3 is 5.32 Å². The van der Waals surface area contributed by atoms with E-state index in [1.54, 1.807) is 17.1 Å². The third-order valence-electron chi connectivity index (χ3n) is 3.83. The van der Waals surface area contributed by atoms with Crippen molar-refractivity contribution in [1.29, 1.82) is 0 Å². The minimum absolute atomic E-state index is 0.269. The molecule has 0 atom stereocenters. The highest BCUT2D eigenvalue weighted by Gasteiger charge is 2.06. The second kappa shape index (κ2) is 8.05. The predicted molar refractivity (Wildman–Crippen MR) is 106 cm³/mol. The maximum absolute atomic E-state index is 13.2. The monoisotopic (exact) mass is 369 g/mol. The summed E-state index contributed by atoms with van der Waals surface area (Å²) in [7, 11) is 0. The van der Waals surface area contributed by atoms with Crippen LogP contribution in [0.2, 0.25) is 0 Å². The molecule has 0 bridgehead atoms. The van der Waals surface area contributed by atoms with Crippen LogP contribution < -0.4 is 10.6 Å². The number of nitrogens with one attached hydrogen (secondary N) is 2. The summed E-state index contributed by atoms with van der Waals surface area (Å²) >= 11 is 5.30. The van der Waals surface area contributed by atoms with E-state index < -0.39 is 0 Å². The Kier molecular flexibility index (Phi) is 5.58. The smallest absolute Gasteiger partial charge is 0.248 e. The zero-order chi connectivity index (χ0) is 18.5. The molecule has 26 heavy (non-hydrogen) atoms. The number of aromatic nitrogens is 3. The summed E-state index contributed by atoms with van der Waals surface area (Å²) in [5, 5.41) is 10.8. The molecular formula is C19H20FN5S. The van der Waals surface area contributed by atoms with Crippen molar-refractivity contribution in [3.05, 3.63) is 71.8 Å². The predicted octanol–water partition coefficient (Wildman–Crippen LogP) is 4.40. The largest absolute Gasteiger partial charge is 0.332 e. The molecule has 7 heteroatoms. The molecule has 0 unspecified atom stereocenters. The molecule has 0 saturated heterocycles. The molecule has 0 aliphatic heterocycles. The lowest BCUT2D eigenvalue weighted by Gasteiger charge is -2.10. The summed E-state index contributed by atoms with van der Waals surface area (Å²) < 4.78 is 14.9. The van der Waals surface area contributed by atoms with Gasteiger partial charge in [0.2, 0.25) is 5.95 Å². The van der Waals surface area contributed by atoms with Crippen LogP contribution in [0.15, 0.2) is 54.9 Å². The van der Waals surface area contributed by atoms with E-state index in [0.717, 1.165) is 11.3 Å². The molecule has 0 radical (unpaired) electrons. The first-order valence-corrected chi connectivity index (χ1v) is 8.72. The SMILES string of the molecule is CC(C)c1ccc(NC(=S)Nc2ncn(Cc3cccc(F)c3)n2)cc1. The van der Waals surface area contributed by atoms with Crippen molar-refractivity contribution >= 4 is 29.0 Å². The van der Waals surface area contributed by atoms with E-state index in [1.165, 1.54) is 17.7 Å². The van der Waals surface area contributed by atoms with Gasteiger partial charge in [0.15, 0.2) is 5.11 Å². The lowest BCUT2D eigenvalue weighted by Crippen LogP contribution is -2.20. The lowest BCUT2D eigenvalue weighted by molar-refractivity contribution is 0.619. The Balaban J connectivity index is 1.57. The molecule has 5 nitrogen and oxygen atoms in total. The average Bonchev–Trinajstić information content (AvgIpc) is 3.02. The van der Waals surface area contributed by atoms with Crippen molar-refractivity contribution in [1.82, 2.24) is 14.8 Å². The molecule has 0 aliphatic carbocycles. The molecule has 3 aromatic rings. The number of anilines is 2. The number of hydrogen-bond donors (Lipinski definition) is 2. The van der Waals surface area contributed by atoms with E-state index in [9.17, 15) is 4.39 Å². The van der Waals surface area contributed by atoms with Gasteiger partial charge in [0.25, 0.3) is 0 Å². The Hall–Kier alpha value is -2.80. The Morgan fingerprint density at radius 3 is 2.62 bits per heavy atom. The Morgan fingerprint density at radius 1 is 1.15 bits per heavy atom. The highest BCUT2D eigenvalue weighted by atomic mass is 32.1. The summed E-state index contributed by atoms with van der Waals surface area (Å²) in [6, 6.07) is 14.5. The first-order valence-electron chi connectivity index (χ1n) is 8.31. The van der Waals surface area contributed by atoms with E-state index in [-0.39, 0.29) is 5.82 Å². The zero-order valence-electron chi connectivity index (χ0n) is 14.6. The van der Waals surface area contributed by atoms with Gasteiger partial charge in [-0.15, -0.1) is 5.10 Å². The van der Waals surface area contributed by atoms with Crippen molar-refractivity contribution in [2.45, 2.75) is 26.3 Å². The van der Waals surface area contributed by atoms with Gasteiger partial charge in [-0.2, -0.15) is 0 Å². The summed E-state index contributed by atoms with van der Waals surface area (Å²) in [5.41, 5.74) is 2.98. The fourth-order valence-corrected chi connectivity index (χ4v) is 2.67. The molecule has 1 aromatic heterocycles. The number of nitrogens with zero attached hydrogens (tertiary/aromatic N) is 3. The van der Waals surface area contributed by atoms with Crippen LogP contribution in [0.25, 0.3) is 0 Å². The third kappa shape index (κ3) is 4.86.